The molecule has 28 heavy (non-hydrogen) atoms. The van der Waals surface area contributed by atoms with E-state index in [1.165, 1.54) is 29.2 Å². The molecule has 0 radical (unpaired) electrons. The standard InChI is InChI=1S/C23H20F3PS/c24-23(25,26)18-11-13-21(14-12-18)28-16-17-15-22(17)27(19-7-3-1-4-8-19)20-9-5-2-6-10-20/h1-14,17,22H,15-16H2/t17-,22-/m1/s1. The average molecular weight is 416 g/mol. The van der Waals surface area contributed by atoms with Crippen molar-refractivity contribution in [3.05, 3.63) is 90.5 Å². The van der Waals surface area contributed by atoms with Crippen LogP contribution in [-0.2, 0) is 6.18 Å². The van der Waals surface area contributed by atoms with Crippen LogP contribution in [-0.4, -0.2) is 11.4 Å². The highest BCUT2D eigenvalue weighted by Gasteiger charge is 2.43. The molecule has 1 aliphatic rings. The molecule has 0 aromatic heterocycles. The molecule has 144 valence electrons. The first-order valence-corrected chi connectivity index (χ1v) is 11.6. The summed E-state index contributed by atoms with van der Waals surface area (Å²) in [4.78, 5) is 0.905. The summed E-state index contributed by atoms with van der Waals surface area (Å²) in [6, 6.07) is 26.9. The van der Waals surface area contributed by atoms with Crippen LogP contribution in [0.25, 0.3) is 0 Å². The van der Waals surface area contributed by atoms with Gasteiger partial charge in [0.25, 0.3) is 0 Å². The molecule has 4 rings (SSSR count). The highest BCUT2D eigenvalue weighted by molar-refractivity contribution is 7.99. The molecule has 1 saturated carbocycles. The zero-order valence-electron chi connectivity index (χ0n) is 15.1. The molecular formula is C23H20F3PS. The van der Waals surface area contributed by atoms with E-state index in [9.17, 15) is 13.2 Å². The maximum absolute atomic E-state index is 12.7. The molecule has 0 unspecified atom stereocenters. The number of halogens is 3. The fourth-order valence-electron chi connectivity index (χ4n) is 3.38. The van der Waals surface area contributed by atoms with Crippen molar-refractivity contribution in [3.8, 4) is 0 Å². The minimum atomic E-state index is -4.27. The number of rotatable bonds is 6. The van der Waals surface area contributed by atoms with Crippen molar-refractivity contribution in [3.63, 3.8) is 0 Å². The van der Waals surface area contributed by atoms with Crippen molar-refractivity contribution in [1.82, 2.24) is 0 Å². The Morgan fingerprint density at radius 3 is 1.82 bits per heavy atom. The van der Waals surface area contributed by atoms with Crippen LogP contribution in [0.15, 0.2) is 89.8 Å². The van der Waals surface area contributed by atoms with Crippen molar-refractivity contribution >= 4 is 30.3 Å². The molecule has 0 N–H and O–H groups in total. The van der Waals surface area contributed by atoms with Crippen molar-refractivity contribution in [1.29, 1.82) is 0 Å². The Bertz CT molecular complexity index is 855. The van der Waals surface area contributed by atoms with Crippen LogP contribution < -0.4 is 10.6 Å². The summed E-state index contributed by atoms with van der Waals surface area (Å²) in [6.07, 6.45) is -3.09. The fourth-order valence-corrected chi connectivity index (χ4v) is 7.69. The maximum atomic E-state index is 12.7. The molecule has 3 aromatic carbocycles. The van der Waals surface area contributed by atoms with E-state index in [0.717, 1.165) is 10.6 Å². The summed E-state index contributed by atoms with van der Waals surface area (Å²) in [5.74, 6) is 1.56. The van der Waals surface area contributed by atoms with E-state index >= 15 is 0 Å². The lowest BCUT2D eigenvalue weighted by molar-refractivity contribution is -0.137. The molecule has 0 spiro atoms. The summed E-state index contributed by atoms with van der Waals surface area (Å²) < 4.78 is 38.1. The molecule has 3 aromatic rings. The molecule has 0 bridgehead atoms. The van der Waals surface area contributed by atoms with Gasteiger partial charge in [-0.05, 0) is 60.8 Å². The van der Waals surface area contributed by atoms with E-state index < -0.39 is 19.7 Å². The SMILES string of the molecule is FC(F)(F)c1ccc(SC[C@H]2C[C@H]2P(c2ccccc2)c2ccccc2)cc1. The lowest BCUT2D eigenvalue weighted by Crippen LogP contribution is -2.15. The van der Waals surface area contributed by atoms with Crippen LogP contribution in [0.4, 0.5) is 13.2 Å². The summed E-state index contributed by atoms with van der Waals surface area (Å²) in [5, 5.41) is 2.80. The largest absolute Gasteiger partial charge is 0.416 e. The zero-order chi connectivity index (χ0) is 19.6. The Kier molecular flexibility index (Phi) is 5.80. The van der Waals surface area contributed by atoms with Gasteiger partial charge in [-0.1, -0.05) is 60.7 Å². The highest BCUT2D eigenvalue weighted by Crippen LogP contribution is 2.57. The highest BCUT2D eigenvalue weighted by atomic mass is 32.2. The maximum Gasteiger partial charge on any atom is 0.416 e. The smallest absolute Gasteiger partial charge is 0.166 e. The van der Waals surface area contributed by atoms with Crippen molar-refractivity contribution in [2.75, 3.05) is 5.75 Å². The van der Waals surface area contributed by atoms with E-state index in [2.05, 4.69) is 48.5 Å². The Morgan fingerprint density at radius 2 is 1.32 bits per heavy atom. The second-order valence-corrected chi connectivity index (χ2v) is 10.5. The van der Waals surface area contributed by atoms with Gasteiger partial charge in [-0.2, -0.15) is 13.2 Å². The van der Waals surface area contributed by atoms with Crippen LogP contribution in [0.3, 0.4) is 0 Å². The van der Waals surface area contributed by atoms with E-state index in [0.29, 0.717) is 11.6 Å². The van der Waals surface area contributed by atoms with Crippen LogP contribution >= 0.6 is 19.7 Å². The van der Waals surface area contributed by atoms with Gasteiger partial charge < -0.3 is 0 Å². The van der Waals surface area contributed by atoms with Gasteiger partial charge in [0.1, 0.15) is 0 Å². The van der Waals surface area contributed by atoms with Crippen LogP contribution in [0, 0.1) is 5.92 Å². The summed E-state index contributed by atoms with van der Waals surface area (Å²) in [6.45, 7) is 0. The second-order valence-electron chi connectivity index (χ2n) is 6.94. The topological polar surface area (TPSA) is 0 Å². The molecular weight excluding hydrogens is 396 g/mol. The van der Waals surface area contributed by atoms with E-state index in [4.69, 9.17) is 0 Å². The van der Waals surface area contributed by atoms with Gasteiger partial charge in [0.05, 0.1) is 5.56 Å². The van der Waals surface area contributed by atoms with Gasteiger partial charge in [0.2, 0.25) is 0 Å². The fraction of sp³-hybridized carbons (Fsp3) is 0.217. The lowest BCUT2D eigenvalue weighted by atomic mass is 10.2. The first-order chi connectivity index (χ1) is 13.5. The average Bonchev–Trinajstić information content (AvgIpc) is 3.47. The Balaban J connectivity index is 1.43. The van der Waals surface area contributed by atoms with Crippen LogP contribution in [0.2, 0.25) is 0 Å². The van der Waals surface area contributed by atoms with E-state index in [1.54, 1.807) is 23.9 Å². The molecule has 0 heterocycles. The van der Waals surface area contributed by atoms with Gasteiger partial charge in [-0.15, -0.1) is 11.8 Å². The first-order valence-electron chi connectivity index (χ1n) is 9.22. The van der Waals surface area contributed by atoms with Gasteiger partial charge in [-0.3, -0.25) is 0 Å². The third-order valence-corrected chi connectivity index (χ3v) is 9.14. The Labute approximate surface area is 168 Å². The Morgan fingerprint density at radius 1 is 0.786 bits per heavy atom. The molecule has 0 saturated heterocycles. The summed E-state index contributed by atoms with van der Waals surface area (Å²) >= 11 is 1.66. The number of hydrogen-bond donors (Lipinski definition) is 0. The van der Waals surface area contributed by atoms with E-state index in [1.807, 2.05) is 12.1 Å². The normalized spacial score (nSPS) is 19.0. The summed E-state index contributed by atoms with van der Waals surface area (Å²) in [5.41, 5.74) is 0.0552. The van der Waals surface area contributed by atoms with Crippen molar-refractivity contribution < 1.29 is 13.2 Å². The predicted molar refractivity (Wildman–Crippen MR) is 113 cm³/mol. The minimum Gasteiger partial charge on any atom is -0.166 e. The van der Waals surface area contributed by atoms with Gasteiger partial charge in [-0.25, -0.2) is 0 Å². The molecule has 2 atom stereocenters. The van der Waals surface area contributed by atoms with E-state index in [-0.39, 0.29) is 0 Å². The second kappa shape index (κ2) is 8.31. The molecule has 1 fully saturated rings. The number of benzene rings is 3. The Hall–Kier alpha value is -1.77. The third-order valence-electron chi connectivity index (χ3n) is 4.93. The molecule has 0 nitrogen and oxygen atoms in total. The molecule has 0 aliphatic heterocycles. The van der Waals surface area contributed by atoms with Gasteiger partial charge in [0, 0.05) is 10.6 Å². The first kappa shape index (κ1) is 19.5. The quantitative estimate of drug-likeness (QED) is 0.335. The lowest BCUT2D eigenvalue weighted by Gasteiger charge is -2.19. The van der Waals surface area contributed by atoms with Crippen molar-refractivity contribution in [2.24, 2.45) is 5.92 Å². The van der Waals surface area contributed by atoms with Gasteiger partial charge in [0.15, 0.2) is 0 Å². The third kappa shape index (κ3) is 4.61. The summed E-state index contributed by atoms with van der Waals surface area (Å²) in [7, 11) is -0.401. The van der Waals surface area contributed by atoms with Crippen molar-refractivity contribution in [2.45, 2.75) is 23.2 Å². The van der Waals surface area contributed by atoms with Crippen LogP contribution in [0.1, 0.15) is 12.0 Å². The number of thioether (sulfide) groups is 1. The zero-order valence-corrected chi connectivity index (χ0v) is 16.9. The molecule has 0 amide bonds. The number of alkyl halides is 3. The predicted octanol–water partition coefficient (Wildman–Crippen LogP) is 6.32. The van der Waals surface area contributed by atoms with Crippen LogP contribution in [0.5, 0.6) is 0 Å². The molecule has 5 heteroatoms. The monoisotopic (exact) mass is 416 g/mol. The van der Waals surface area contributed by atoms with Gasteiger partial charge >= 0.3 is 6.18 Å². The minimum absolute atomic E-state index is 0.401. The number of hydrogen-bond acceptors (Lipinski definition) is 1. The molecule has 1 aliphatic carbocycles.